The van der Waals surface area contributed by atoms with Gasteiger partial charge >= 0.3 is 0 Å². The van der Waals surface area contributed by atoms with Crippen LogP contribution in [-0.4, -0.2) is 39.6 Å². The zero-order valence-electron chi connectivity index (χ0n) is 13.4. The minimum Gasteiger partial charge on any atom is -0.480 e. The summed E-state index contributed by atoms with van der Waals surface area (Å²) >= 11 is 0. The molecule has 2 aromatic heterocycles. The largest absolute Gasteiger partial charge is 0.480 e. The Labute approximate surface area is 134 Å². The first-order chi connectivity index (χ1) is 11.2. The summed E-state index contributed by atoms with van der Waals surface area (Å²) in [5.74, 6) is 1.31. The zero-order valence-corrected chi connectivity index (χ0v) is 13.4. The number of nitrogens with zero attached hydrogens (tertiary/aromatic N) is 4. The van der Waals surface area contributed by atoms with Crippen LogP contribution < -0.4 is 4.74 Å². The van der Waals surface area contributed by atoms with Gasteiger partial charge in [0.25, 0.3) is 5.91 Å². The molecule has 3 rings (SSSR count). The topological polar surface area (TPSA) is 81.4 Å². The molecule has 2 aromatic rings. The Bertz CT molecular complexity index is 685. The molecule has 1 fully saturated rings. The van der Waals surface area contributed by atoms with Gasteiger partial charge in [0.1, 0.15) is 5.56 Å². The molecular formula is C16H20N4O3. The van der Waals surface area contributed by atoms with Gasteiger partial charge in [-0.25, -0.2) is 4.98 Å². The fourth-order valence-corrected chi connectivity index (χ4v) is 2.94. The summed E-state index contributed by atoms with van der Waals surface area (Å²) < 4.78 is 10.3. The third kappa shape index (κ3) is 3.18. The summed E-state index contributed by atoms with van der Waals surface area (Å²) in [6.45, 7) is 2.42. The number of hydrogen-bond donors (Lipinski definition) is 0. The van der Waals surface area contributed by atoms with Crippen molar-refractivity contribution < 1.29 is 14.1 Å². The normalized spacial score (nSPS) is 18.5. The Kier molecular flexibility index (Phi) is 4.55. The predicted molar refractivity (Wildman–Crippen MR) is 82.1 cm³/mol. The molecule has 0 aliphatic carbocycles. The molecule has 1 saturated heterocycles. The van der Waals surface area contributed by atoms with E-state index in [1.807, 2.05) is 4.90 Å². The van der Waals surface area contributed by atoms with Crippen LogP contribution in [0.25, 0.3) is 0 Å². The van der Waals surface area contributed by atoms with Crippen molar-refractivity contribution in [3.63, 3.8) is 0 Å². The summed E-state index contributed by atoms with van der Waals surface area (Å²) in [6.07, 6.45) is 5.51. The Hall–Kier alpha value is -2.44. The summed E-state index contributed by atoms with van der Waals surface area (Å²) in [7, 11) is 1.52. The van der Waals surface area contributed by atoms with Crippen LogP contribution in [-0.2, 0) is 0 Å². The zero-order chi connectivity index (χ0) is 16.2. The van der Waals surface area contributed by atoms with Gasteiger partial charge in [-0.3, -0.25) is 4.79 Å². The molecule has 0 aromatic carbocycles. The van der Waals surface area contributed by atoms with Crippen LogP contribution in [0.1, 0.15) is 53.8 Å². The molecular weight excluding hydrogens is 296 g/mol. The van der Waals surface area contributed by atoms with E-state index >= 15 is 0 Å². The number of hydrogen-bond acceptors (Lipinski definition) is 6. The predicted octanol–water partition coefficient (Wildman–Crippen LogP) is 2.54. The second kappa shape index (κ2) is 6.76. The lowest BCUT2D eigenvalue weighted by atomic mass is 10.1. The average molecular weight is 316 g/mol. The van der Waals surface area contributed by atoms with Crippen molar-refractivity contribution >= 4 is 5.91 Å². The second-order valence-electron chi connectivity index (χ2n) is 5.60. The van der Waals surface area contributed by atoms with Gasteiger partial charge in [-0.2, -0.15) is 4.98 Å². The molecule has 0 radical (unpaired) electrons. The number of methoxy groups -OCH3 is 1. The van der Waals surface area contributed by atoms with Gasteiger partial charge in [-0.1, -0.05) is 18.0 Å². The molecule has 0 N–H and O–H groups in total. The summed E-state index contributed by atoms with van der Waals surface area (Å²) in [4.78, 5) is 23.3. The third-order valence-corrected chi connectivity index (χ3v) is 4.05. The number of likely N-dealkylation sites (tertiary alicyclic amines) is 1. The maximum atomic E-state index is 13.0. The van der Waals surface area contributed by atoms with E-state index in [1.165, 1.54) is 7.11 Å². The van der Waals surface area contributed by atoms with Gasteiger partial charge in [-0.15, -0.1) is 0 Å². The fourth-order valence-electron chi connectivity index (χ4n) is 2.94. The maximum Gasteiger partial charge on any atom is 0.259 e. The van der Waals surface area contributed by atoms with E-state index in [4.69, 9.17) is 9.26 Å². The number of carbonyl (C=O) groups is 1. The van der Waals surface area contributed by atoms with Crippen LogP contribution in [0.5, 0.6) is 5.88 Å². The third-order valence-electron chi connectivity index (χ3n) is 4.05. The molecule has 0 bridgehead atoms. The highest BCUT2D eigenvalue weighted by Crippen LogP contribution is 2.31. The highest BCUT2D eigenvalue weighted by atomic mass is 16.5. The first-order valence-corrected chi connectivity index (χ1v) is 7.81. The van der Waals surface area contributed by atoms with E-state index in [9.17, 15) is 4.79 Å². The standard InChI is InChI=1S/C16H20N4O3/c1-11-18-14(19-23-11)13-8-4-3-5-10-20(13)16(21)12-7-6-9-17-15(12)22-2/h6-7,9,13H,3-5,8,10H2,1-2H3/t13-/m1/s1. The number of aromatic nitrogens is 3. The van der Waals surface area contributed by atoms with Crippen molar-refractivity contribution in [2.24, 2.45) is 0 Å². The Balaban J connectivity index is 1.94. The number of amides is 1. The van der Waals surface area contributed by atoms with Gasteiger partial charge in [0, 0.05) is 19.7 Å². The van der Waals surface area contributed by atoms with Crippen molar-refractivity contribution in [3.05, 3.63) is 35.6 Å². The molecule has 7 nitrogen and oxygen atoms in total. The Morgan fingerprint density at radius 1 is 1.39 bits per heavy atom. The molecule has 1 aliphatic heterocycles. The summed E-state index contributed by atoms with van der Waals surface area (Å²) in [6, 6.07) is 3.30. The van der Waals surface area contributed by atoms with Crippen molar-refractivity contribution in [2.75, 3.05) is 13.7 Å². The summed E-state index contributed by atoms with van der Waals surface area (Å²) in [5.41, 5.74) is 0.460. The van der Waals surface area contributed by atoms with E-state index in [0.29, 0.717) is 29.7 Å². The van der Waals surface area contributed by atoms with Crippen molar-refractivity contribution in [2.45, 2.75) is 38.6 Å². The van der Waals surface area contributed by atoms with Crippen LogP contribution >= 0.6 is 0 Å². The lowest BCUT2D eigenvalue weighted by Gasteiger charge is -2.28. The monoisotopic (exact) mass is 316 g/mol. The summed E-state index contributed by atoms with van der Waals surface area (Å²) in [5, 5.41) is 4.02. The van der Waals surface area contributed by atoms with Gasteiger partial charge in [-0.05, 0) is 25.0 Å². The molecule has 7 heteroatoms. The number of ether oxygens (including phenoxy) is 1. The second-order valence-corrected chi connectivity index (χ2v) is 5.60. The lowest BCUT2D eigenvalue weighted by molar-refractivity contribution is 0.0666. The van der Waals surface area contributed by atoms with Gasteiger partial charge in [0.2, 0.25) is 11.8 Å². The Morgan fingerprint density at radius 2 is 2.26 bits per heavy atom. The van der Waals surface area contributed by atoms with Crippen molar-refractivity contribution in [3.8, 4) is 5.88 Å². The minimum atomic E-state index is -0.174. The molecule has 122 valence electrons. The van der Waals surface area contributed by atoms with E-state index in [-0.39, 0.29) is 11.9 Å². The number of pyridine rings is 1. The first-order valence-electron chi connectivity index (χ1n) is 7.81. The van der Waals surface area contributed by atoms with Gasteiger partial charge in [0.05, 0.1) is 13.2 Å². The van der Waals surface area contributed by atoms with E-state index in [0.717, 1.165) is 25.7 Å². The van der Waals surface area contributed by atoms with E-state index in [1.54, 1.807) is 25.3 Å². The van der Waals surface area contributed by atoms with Crippen LogP contribution in [0.2, 0.25) is 0 Å². The molecule has 23 heavy (non-hydrogen) atoms. The molecule has 0 spiro atoms. The van der Waals surface area contributed by atoms with Crippen LogP contribution in [0.4, 0.5) is 0 Å². The van der Waals surface area contributed by atoms with Crippen LogP contribution in [0.15, 0.2) is 22.9 Å². The first kappa shape index (κ1) is 15.5. The van der Waals surface area contributed by atoms with E-state index < -0.39 is 0 Å². The number of aryl methyl sites for hydroxylation is 1. The van der Waals surface area contributed by atoms with Crippen LogP contribution in [0.3, 0.4) is 0 Å². The minimum absolute atomic E-state index is 0.107. The quantitative estimate of drug-likeness (QED) is 0.865. The SMILES string of the molecule is COc1ncccc1C(=O)N1CCCCC[C@@H]1c1noc(C)n1. The maximum absolute atomic E-state index is 13.0. The Morgan fingerprint density at radius 3 is 3.00 bits per heavy atom. The van der Waals surface area contributed by atoms with Gasteiger partial charge in [0.15, 0.2) is 5.82 Å². The van der Waals surface area contributed by atoms with Gasteiger partial charge < -0.3 is 14.2 Å². The van der Waals surface area contributed by atoms with E-state index in [2.05, 4.69) is 15.1 Å². The number of rotatable bonds is 3. The average Bonchev–Trinajstić information content (AvgIpc) is 2.86. The van der Waals surface area contributed by atoms with Crippen molar-refractivity contribution in [1.29, 1.82) is 0 Å². The molecule has 0 unspecified atom stereocenters. The highest BCUT2D eigenvalue weighted by Gasteiger charge is 2.32. The highest BCUT2D eigenvalue weighted by molar-refractivity contribution is 5.96. The molecule has 1 aliphatic rings. The molecule has 3 heterocycles. The smallest absolute Gasteiger partial charge is 0.259 e. The lowest BCUT2D eigenvalue weighted by Crippen LogP contribution is -2.35. The number of carbonyl (C=O) groups excluding carboxylic acids is 1. The molecule has 1 amide bonds. The fraction of sp³-hybridized carbons (Fsp3) is 0.500. The molecule has 1 atom stereocenters. The van der Waals surface area contributed by atoms with Crippen molar-refractivity contribution in [1.82, 2.24) is 20.0 Å². The van der Waals surface area contributed by atoms with Crippen LogP contribution in [0, 0.1) is 6.92 Å². The molecule has 0 saturated carbocycles.